The molecule has 2 aromatic heterocycles. The predicted octanol–water partition coefficient (Wildman–Crippen LogP) is 18.7. The van der Waals surface area contributed by atoms with Gasteiger partial charge in [-0.2, -0.15) is 0 Å². The van der Waals surface area contributed by atoms with Gasteiger partial charge in [0.05, 0.1) is 0 Å². The van der Waals surface area contributed by atoms with E-state index in [-0.39, 0.29) is 5.60 Å². The molecule has 3 heterocycles. The van der Waals surface area contributed by atoms with Gasteiger partial charge in [-0.05, 0) is 0 Å². The van der Waals surface area contributed by atoms with Gasteiger partial charge in [0.25, 0.3) is 0 Å². The molecule has 0 N–H and O–H groups in total. The second-order valence-electron chi connectivity index (χ2n) is 20.9. The Balaban J connectivity index is 2.30. The summed E-state index contributed by atoms with van der Waals surface area (Å²) in [5.41, 5.74) is 1.50. The predicted molar refractivity (Wildman–Crippen MR) is 273 cm³/mol. The van der Waals surface area contributed by atoms with Crippen LogP contribution in [-0.2, 0) is 5.60 Å². The van der Waals surface area contributed by atoms with Crippen LogP contribution >= 0.6 is 22.7 Å². The van der Waals surface area contributed by atoms with Crippen LogP contribution in [0.2, 0.25) is 26.6 Å². The Morgan fingerprint density at radius 1 is 0.466 bits per heavy atom. The summed E-state index contributed by atoms with van der Waals surface area (Å²) in [6, 6.07) is 5.68. The molecule has 58 heavy (non-hydrogen) atoms. The summed E-state index contributed by atoms with van der Waals surface area (Å²) in [4.78, 5) is 3.29. The third kappa shape index (κ3) is 15.8. The summed E-state index contributed by atoms with van der Waals surface area (Å²) in [6.07, 6.45) is 29.8. The molecule has 336 valence electrons. The van der Waals surface area contributed by atoms with E-state index >= 15 is 0 Å². The average Bonchev–Trinajstić information content (AvgIpc) is 3.85. The number of fused-ring (bicyclic) bond motifs is 3. The van der Waals surface area contributed by atoms with Crippen LogP contribution < -0.4 is 10.5 Å². The van der Waals surface area contributed by atoms with Gasteiger partial charge < -0.3 is 0 Å². The molecular weight excluding hydrogens is 954 g/mol. The van der Waals surface area contributed by atoms with E-state index in [1.165, 1.54) is 147 Å². The second-order valence-corrected chi connectivity index (χ2v) is 51.3. The van der Waals surface area contributed by atoms with Crippen LogP contribution in [0, 0.1) is 23.7 Å². The average molecular weight is 1050 g/mol. The Hall–Kier alpha value is 0.797. The first kappa shape index (κ1) is 53.1. The number of rotatable bonds is 34. The first-order valence-corrected chi connectivity index (χ1v) is 42.5. The molecule has 1 aliphatic rings. The van der Waals surface area contributed by atoms with E-state index in [0.29, 0.717) is 0 Å². The molecular formula is C53H98OS2Sn2. The molecule has 0 saturated carbocycles. The fourth-order valence-corrected chi connectivity index (χ4v) is 51.0. The van der Waals surface area contributed by atoms with Crippen molar-refractivity contribution in [1.82, 2.24) is 0 Å². The zero-order valence-electron chi connectivity index (χ0n) is 41.0. The summed E-state index contributed by atoms with van der Waals surface area (Å²) in [5, 5.41) is 0. The fraction of sp³-hybridized carbons (Fsp3) is 0.849. The summed E-state index contributed by atoms with van der Waals surface area (Å²) < 4.78 is 21.1. The Morgan fingerprint density at radius 2 is 0.828 bits per heavy atom. The molecule has 0 spiro atoms. The normalized spacial score (nSPS) is 16.9. The van der Waals surface area contributed by atoms with Crippen LogP contribution in [0.5, 0.6) is 5.75 Å². The number of hydrogen-bond donors (Lipinski definition) is 0. The second kappa shape index (κ2) is 27.9. The molecule has 0 aromatic carbocycles. The Bertz CT molecular complexity index is 1300. The van der Waals surface area contributed by atoms with Gasteiger partial charge in [0, 0.05) is 0 Å². The molecule has 0 saturated heterocycles. The van der Waals surface area contributed by atoms with Crippen molar-refractivity contribution in [2.45, 2.75) is 257 Å². The monoisotopic (exact) mass is 1050 g/mol. The van der Waals surface area contributed by atoms with Crippen molar-refractivity contribution in [1.29, 1.82) is 0 Å². The number of thiophene rings is 2. The van der Waals surface area contributed by atoms with Gasteiger partial charge in [-0.25, -0.2) is 0 Å². The maximum absolute atomic E-state index is 7.96. The van der Waals surface area contributed by atoms with Gasteiger partial charge >= 0.3 is 383 Å². The van der Waals surface area contributed by atoms with Crippen LogP contribution in [0.4, 0.5) is 0 Å². The summed E-state index contributed by atoms with van der Waals surface area (Å²) >= 11 is -0.706. The Morgan fingerprint density at radius 3 is 1.19 bits per heavy atom. The van der Waals surface area contributed by atoms with Crippen molar-refractivity contribution < 1.29 is 4.74 Å². The van der Waals surface area contributed by atoms with E-state index in [9.17, 15) is 0 Å². The van der Waals surface area contributed by atoms with E-state index < -0.39 is 36.8 Å². The quantitative estimate of drug-likeness (QED) is 0.0635. The topological polar surface area (TPSA) is 9.23 Å². The fourth-order valence-electron chi connectivity index (χ4n) is 10.4. The van der Waals surface area contributed by atoms with Crippen molar-refractivity contribution in [3.63, 3.8) is 0 Å². The number of ether oxygens (including phenoxy) is 1. The van der Waals surface area contributed by atoms with Crippen molar-refractivity contribution >= 4 is 65.2 Å². The molecule has 2 aromatic rings. The molecule has 0 amide bonds. The minimum absolute atomic E-state index is 0.180. The van der Waals surface area contributed by atoms with Crippen LogP contribution in [-0.4, -0.2) is 36.8 Å². The van der Waals surface area contributed by atoms with Crippen LogP contribution in [0.25, 0.3) is 9.75 Å². The van der Waals surface area contributed by atoms with Crippen molar-refractivity contribution in [3.8, 4) is 15.5 Å². The zero-order chi connectivity index (χ0) is 42.6. The van der Waals surface area contributed by atoms with Crippen molar-refractivity contribution in [3.05, 3.63) is 17.7 Å². The maximum atomic E-state index is 7.96. The molecule has 2 unspecified atom stereocenters. The third-order valence-corrected chi connectivity index (χ3v) is 53.4. The molecule has 0 aliphatic carbocycles. The number of hydrogen-bond acceptors (Lipinski definition) is 3. The Labute approximate surface area is 380 Å². The van der Waals surface area contributed by atoms with E-state index in [0.717, 1.165) is 23.7 Å². The first-order valence-electron chi connectivity index (χ1n) is 25.9. The molecule has 0 bridgehead atoms. The van der Waals surface area contributed by atoms with Gasteiger partial charge in [0.2, 0.25) is 0 Å². The summed E-state index contributed by atoms with van der Waals surface area (Å²) in [5.74, 6) is 4.45. The van der Waals surface area contributed by atoms with E-state index in [1.54, 1.807) is 41.9 Å². The molecule has 1 aliphatic heterocycles. The van der Waals surface area contributed by atoms with Crippen LogP contribution in [0.15, 0.2) is 12.1 Å². The molecule has 0 fully saturated rings. The standard InChI is InChI=1S/C29H44OS2.6C4H9.2Sn/c1-21(2)9-7-11-23(5)13-17-29(18-14-24(6)12-8-10-22(3)4)25-15-19-31-27(25)28-26(30-29)16-20-32-28;6*1-3-4-2;;/h15-16,21-24H,7-14,17-18H2,1-6H3;6*1,3-4H2,2H3;;. The zero-order valence-corrected chi connectivity index (χ0v) is 48.3. The third-order valence-electron chi connectivity index (χ3n) is 14.6. The van der Waals surface area contributed by atoms with Gasteiger partial charge in [-0.15, -0.1) is 0 Å². The molecule has 1 nitrogen and oxygen atoms in total. The first-order chi connectivity index (χ1) is 27.9. The van der Waals surface area contributed by atoms with Gasteiger partial charge in [0.15, 0.2) is 0 Å². The van der Waals surface area contributed by atoms with Crippen molar-refractivity contribution in [2.24, 2.45) is 23.7 Å². The van der Waals surface area contributed by atoms with Crippen LogP contribution in [0.1, 0.15) is 230 Å². The molecule has 5 heteroatoms. The minimum atomic E-state index is -2.70. The van der Waals surface area contributed by atoms with Gasteiger partial charge in [0.1, 0.15) is 0 Å². The molecule has 0 radical (unpaired) electrons. The van der Waals surface area contributed by atoms with Gasteiger partial charge in [-0.3, -0.25) is 0 Å². The summed E-state index contributed by atoms with van der Waals surface area (Å²) in [7, 11) is 0. The summed E-state index contributed by atoms with van der Waals surface area (Å²) in [6.45, 7) is 29.4. The molecule has 2 atom stereocenters. The van der Waals surface area contributed by atoms with E-state index in [2.05, 4.69) is 118 Å². The van der Waals surface area contributed by atoms with Crippen molar-refractivity contribution in [2.75, 3.05) is 0 Å². The van der Waals surface area contributed by atoms with Gasteiger partial charge in [-0.1, -0.05) is 0 Å². The van der Waals surface area contributed by atoms with Crippen LogP contribution in [0.3, 0.4) is 0 Å². The van der Waals surface area contributed by atoms with E-state index in [1.807, 2.05) is 5.79 Å². The SMILES string of the molecule is CCC[CH2][Sn]([CH2]CCC)([CH2]CCC)[c]1cc2c(s1)-c1s[c]([Sn]([CH2]CCC)([CH2]CCC)[CH2]CCC)cc1C(CCC(C)CCCC(C)C)(CCC(C)CCCC(C)C)O2. The number of unbranched alkanes of at least 4 members (excludes halogenated alkanes) is 6. The van der Waals surface area contributed by atoms with E-state index in [4.69, 9.17) is 4.74 Å². The molecule has 3 rings (SSSR count). The Kier molecular flexibility index (Phi) is 25.5.